The Bertz CT molecular complexity index is 1690. The van der Waals surface area contributed by atoms with Gasteiger partial charge in [-0.15, -0.1) is 47.2 Å². The highest BCUT2D eigenvalue weighted by Crippen LogP contribution is 2.61. The average Bonchev–Trinajstić information content (AvgIpc) is 3.70. The van der Waals surface area contributed by atoms with Gasteiger partial charge in [0.25, 0.3) is 11.6 Å². The van der Waals surface area contributed by atoms with Crippen molar-refractivity contribution in [2.24, 2.45) is 5.41 Å². The molecule has 0 aliphatic heterocycles. The lowest BCUT2D eigenvalue weighted by Gasteiger charge is -2.29. The molecule has 0 aromatic carbocycles. The number of thiophene rings is 3. The third-order valence-corrected chi connectivity index (χ3v) is 11.2. The summed E-state index contributed by atoms with van der Waals surface area (Å²) in [4.78, 5) is 62.6. The zero-order valence-corrected chi connectivity index (χ0v) is 22.4. The zero-order chi connectivity index (χ0) is 29.1. The highest BCUT2D eigenvalue weighted by molar-refractivity contribution is 7.28. The van der Waals surface area contributed by atoms with Gasteiger partial charge >= 0.3 is 11.8 Å². The van der Waals surface area contributed by atoms with Crippen LogP contribution in [0.25, 0.3) is 19.5 Å². The number of halogens is 4. The number of aliphatic hydroxyl groups is 1. The SMILES string of the molecule is C=CCC1(CC=C)C(=O)c2c(-c3cc4c(s3)C(=O)C(F)(F)C4=O)sc(-c3cc4c(s3)C(=O)C(F)(F)C4=O)c2C1O. The van der Waals surface area contributed by atoms with Gasteiger partial charge in [-0.3, -0.25) is 24.0 Å². The van der Waals surface area contributed by atoms with Gasteiger partial charge in [0.15, 0.2) is 5.78 Å². The highest BCUT2D eigenvalue weighted by Gasteiger charge is 2.59. The van der Waals surface area contributed by atoms with E-state index in [0.717, 1.165) is 23.5 Å². The monoisotopic (exact) mass is 606 g/mol. The van der Waals surface area contributed by atoms with Crippen LogP contribution in [0.5, 0.6) is 0 Å². The topological polar surface area (TPSA) is 106 Å². The van der Waals surface area contributed by atoms with Gasteiger partial charge in [-0.2, -0.15) is 17.6 Å². The molecule has 0 bridgehead atoms. The maximum absolute atomic E-state index is 14.0. The highest BCUT2D eigenvalue weighted by atomic mass is 32.1. The normalized spacial score (nSPS) is 21.6. The molecule has 6 rings (SSSR count). The molecule has 40 heavy (non-hydrogen) atoms. The number of hydrogen-bond acceptors (Lipinski definition) is 9. The smallest absolute Gasteiger partial charge is 0.372 e. The van der Waals surface area contributed by atoms with Crippen LogP contribution in [0.1, 0.15) is 74.9 Å². The predicted molar refractivity (Wildman–Crippen MR) is 140 cm³/mol. The van der Waals surface area contributed by atoms with Crippen molar-refractivity contribution in [3.63, 3.8) is 0 Å². The quantitative estimate of drug-likeness (QED) is 0.193. The van der Waals surface area contributed by atoms with Crippen molar-refractivity contribution in [3.8, 4) is 19.5 Å². The van der Waals surface area contributed by atoms with Crippen molar-refractivity contribution >= 4 is 62.9 Å². The van der Waals surface area contributed by atoms with Gasteiger partial charge in [-0.05, 0) is 25.0 Å². The summed E-state index contributed by atoms with van der Waals surface area (Å²) in [5, 5.41) is 11.6. The molecule has 3 heterocycles. The fourth-order valence-corrected chi connectivity index (χ4v) is 9.26. The van der Waals surface area contributed by atoms with Crippen LogP contribution in [-0.2, 0) is 0 Å². The maximum atomic E-state index is 14.0. The second kappa shape index (κ2) is 8.32. The van der Waals surface area contributed by atoms with Crippen LogP contribution in [0, 0.1) is 5.41 Å². The molecule has 3 aliphatic rings. The Morgan fingerprint density at radius 3 is 1.57 bits per heavy atom. The van der Waals surface area contributed by atoms with Crippen molar-refractivity contribution in [2.45, 2.75) is 30.8 Å². The summed E-state index contributed by atoms with van der Waals surface area (Å²) in [6.45, 7) is 7.35. The van der Waals surface area contributed by atoms with E-state index in [-0.39, 0.29) is 43.5 Å². The Balaban J connectivity index is 1.59. The molecular formula is C27H14F4O6S3. The van der Waals surface area contributed by atoms with Gasteiger partial charge in [0.2, 0.25) is 11.6 Å². The molecular weight excluding hydrogens is 592 g/mol. The number of rotatable bonds is 6. The van der Waals surface area contributed by atoms with Crippen LogP contribution in [-0.4, -0.2) is 45.9 Å². The Morgan fingerprint density at radius 2 is 1.15 bits per heavy atom. The van der Waals surface area contributed by atoms with E-state index in [2.05, 4.69) is 13.2 Å². The second-order valence-corrected chi connectivity index (χ2v) is 12.7. The number of carbonyl (C=O) groups excluding carboxylic acids is 5. The summed E-state index contributed by atoms with van der Waals surface area (Å²) in [5.41, 5.74) is -2.28. The van der Waals surface area contributed by atoms with E-state index >= 15 is 0 Å². The van der Waals surface area contributed by atoms with Gasteiger partial charge in [0, 0.05) is 32.0 Å². The molecule has 6 nitrogen and oxygen atoms in total. The fourth-order valence-electron chi connectivity index (χ4n) is 5.45. The van der Waals surface area contributed by atoms with E-state index in [1.807, 2.05) is 0 Å². The average molecular weight is 607 g/mol. The molecule has 204 valence electrons. The van der Waals surface area contributed by atoms with Crippen LogP contribution in [0.15, 0.2) is 37.4 Å². The maximum Gasteiger partial charge on any atom is 0.372 e. The van der Waals surface area contributed by atoms with E-state index in [1.54, 1.807) is 0 Å². The Morgan fingerprint density at radius 1 is 0.700 bits per heavy atom. The molecule has 0 spiro atoms. The number of alkyl halides is 4. The van der Waals surface area contributed by atoms with Crippen LogP contribution < -0.4 is 0 Å². The predicted octanol–water partition coefficient (Wildman–Crippen LogP) is 6.60. The van der Waals surface area contributed by atoms with Crippen LogP contribution >= 0.6 is 34.0 Å². The number of Topliss-reactive ketones (excluding diaryl/α,β-unsaturated/α-hetero) is 5. The molecule has 0 radical (unpaired) electrons. The molecule has 0 saturated heterocycles. The number of carbonyl (C=O) groups is 5. The summed E-state index contributed by atoms with van der Waals surface area (Å²) in [6, 6.07) is 2.21. The first-order valence-corrected chi connectivity index (χ1v) is 14.0. The Kier molecular flexibility index (Phi) is 5.58. The van der Waals surface area contributed by atoms with Crippen molar-refractivity contribution in [2.75, 3.05) is 0 Å². The Labute approximate surface area is 234 Å². The van der Waals surface area contributed by atoms with Crippen LogP contribution in [0.4, 0.5) is 17.6 Å². The first kappa shape index (κ1) is 26.8. The lowest BCUT2D eigenvalue weighted by molar-refractivity contribution is 0.0187. The number of ketones is 5. The fraction of sp³-hybridized carbons (Fsp3) is 0.222. The van der Waals surface area contributed by atoms with E-state index in [4.69, 9.17) is 0 Å². The van der Waals surface area contributed by atoms with Crippen LogP contribution in [0.2, 0.25) is 0 Å². The zero-order valence-electron chi connectivity index (χ0n) is 19.9. The first-order valence-electron chi connectivity index (χ1n) is 11.6. The summed E-state index contributed by atoms with van der Waals surface area (Å²) in [7, 11) is 0. The van der Waals surface area contributed by atoms with E-state index < -0.39 is 73.2 Å². The number of aliphatic hydroxyl groups excluding tert-OH is 1. The molecule has 3 aromatic rings. The van der Waals surface area contributed by atoms with Gasteiger partial charge in [-0.1, -0.05) is 12.2 Å². The van der Waals surface area contributed by atoms with Crippen molar-refractivity contribution in [1.29, 1.82) is 0 Å². The molecule has 1 N–H and O–H groups in total. The molecule has 1 atom stereocenters. The second-order valence-electron chi connectivity index (χ2n) is 9.59. The third-order valence-electron chi connectivity index (χ3n) is 7.39. The van der Waals surface area contributed by atoms with Crippen LogP contribution in [0.3, 0.4) is 0 Å². The number of fused-ring (bicyclic) bond motifs is 3. The summed E-state index contributed by atoms with van der Waals surface area (Å²) < 4.78 is 56.1. The third kappa shape index (κ3) is 3.08. The van der Waals surface area contributed by atoms with Gasteiger partial charge < -0.3 is 5.11 Å². The van der Waals surface area contributed by atoms with Crippen molar-refractivity contribution < 1.29 is 46.6 Å². The summed E-state index contributed by atoms with van der Waals surface area (Å²) in [5.74, 6) is -15.5. The van der Waals surface area contributed by atoms with E-state index in [0.29, 0.717) is 22.7 Å². The minimum atomic E-state index is -4.18. The Hall–Kier alpha value is -3.39. The van der Waals surface area contributed by atoms with Gasteiger partial charge in [0.05, 0.1) is 31.0 Å². The molecule has 3 aromatic heterocycles. The largest absolute Gasteiger partial charge is 0.387 e. The molecule has 13 heteroatoms. The van der Waals surface area contributed by atoms with Crippen molar-refractivity contribution in [1.82, 2.24) is 0 Å². The van der Waals surface area contributed by atoms with E-state index in [1.165, 1.54) is 12.2 Å². The summed E-state index contributed by atoms with van der Waals surface area (Å²) in [6.07, 6.45) is 1.47. The summed E-state index contributed by atoms with van der Waals surface area (Å²) >= 11 is 2.11. The lowest BCUT2D eigenvalue weighted by Crippen LogP contribution is -2.31. The lowest BCUT2D eigenvalue weighted by atomic mass is 9.75. The number of allylic oxidation sites excluding steroid dienone is 2. The molecule has 1 unspecified atom stereocenters. The minimum Gasteiger partial charge on any atom is -0.387 e. The molecule has 0 saturated carbocycles. The van der Waals surface area contributed by atoms with Crippen molar-refractivity contribution in [3.05, 3.63) is 69.5 Å². The standard InChI is InChI=1S/C27H14F4O6S3/c1-3-5-25(6-4-2)21(34)13-14(22(25)35)18(12-8-10-16(39-12)24(37)27(30,31)20(10)33)40-17(13)11-7-9-15(38-11)23(36)26(28,29)19(9)32/h3-4,7-8,21,34H,1-2,5-6H2. The number of hydrogen-bond donors (Lipinski definition) is 1. The molecule has 0 fully saturated rings. The molecule has 0 amide bonds. The molecule has 3 aliphatic carbocycles. The van der Waals surface area contributed by atoms with E-state index in [9.17, 15) is 46.6 Å². The minimum absolute atomic E-state index is 0.0133. The van der Waals surface area contributed by atoms with Gasteiger partial charge in [0.1, 0.15) is 0 Å². The van der Waals surface area contributed by atoms with Gasteiger partial charge in [-0.25, -0.2) is 0 Å². The first-order chi connectivity index (χ1) is 18.7.